The van der Waals surface area contributed by atoms with E-state index in [1.807, 2.05) is 40.7 Å². The van der Waals surface area contributed by atoms with E-state index in [0.29, 0.717) is 13.2 Å². The monoisotopic (exact) mass is 624 g/mol. The molecule has 2 heterocycles. The number of carbonyl (C=O) groups is 1. The second kappa shape index (κ2) is 19.0. The first kappa shape index (κ1) is 38.4. The number of allylic oxidation sites excluding steroid dienone is 4. The molecule has 1 aromatic carbocycles. The van der Waals surface area contributed by atoms with Crippen LogP contribution in [0.5, 0.6) is 0 Å². The molecule has 0 radical (unpaired) electrons. The molecule has 2 aliphatic rings. The quantitative estimate of drug-likeness (QED) is 0.103. The summed E-state index contributed by atoms with van der Waals surface area (Å²) in [5.74, 6) is 1.92. The van der Waals surface area contributed by atoms with Crippen LogP contribution in [0.1, 0.15) is 92.7 Å². The molecular formula is C38H60N2O5. The van der Waals surface area contributed by atoms with Crippen LogP contribution in [0.25, 0.3) is 0 Å². The standard InChI is InChI=1S/C31H46N2O4.C7H14O/c1-11-24(15-22(6)29-27(12-2)37-29)28(20(3)4)33-25-16-23(14-13-21(25)5)17-32-26(18-35-10)30(34)36-19-31(7,8)9;1-2-7-3-5-8-6-4-7/h11-16,20,26,29,32H,17-19H2,1-10H3;7H,2-6H2,1H3/b22-15-,24-11+,27-12?,33-28?;. The molecule has 1 aromatic rings. The number of nitrogens with one attached hydrogen (secondary N) is 1. The van der Waals surface area contributed by atoms with E-state index >= 15 is 0 Å². The molecule has 0 bridgehead atoms. The number of hydrogen-bond donors (Lipinski definition) is 1. The van der Waals surface area contributed by atoms with Crippen molar-refractivity contribution in [2.45, 2.75) is 107 Å². The van der Waals surface area contributed by atoms with Gasteiger partial charge < -0.3 is 18.9 Å². The lowest BCUT2D eigenvalue weighted by atomic mass is 9.96. The molecule has 0 aliphatic carbocycles. The van der Waals surface area contributed by atoms with E-state index in [9.17, 15) is 4.79 Å². The van der Waals surface area contributed by atoms with Gasteiger partial charge in [-0.25, -0.2) is 0 Å². The fourth-order valence-corrected chi connectivity index (χ4v) is 4.97. The molecule has 0 aromatic heterocycles. The summed E-state index contributed by atoms with van der Waals surface area (Å²) in [6.45, 7) is 24.0. The number of rotatable bonds is 13. The number of aliphatic imine (C=N–C) groups is 1. The van der Waals surface area contributed by atoms with Crippen molar-refractivity contribution in [3.8, 4) is 0 Å². The Labute approximate surface area is 273 Å². The number of ether oxygens (including phenoxy) is 4. The first-order chi connectivity index (χ1) is 21.3. The van der Waals surface area contributed by atoms with Gasteiger partial charge in [0.05, 0.1) is 24.6 Å². The molecule has 2 unspecified atom stereocenters. The van der Waals surface area contributed by atoms with Gasteiger partial charge in [-0.15, -0.1) is 0 Å². The maximum Gasteiger partial charge on any atom is 0.325 e. The summed E-state index contributed by atoms with van der Waals surface area (Å²) in [6, 6.07) is 5.68. The van der Waals surface area contributed by atoms with Crippen LogP contribution in [0, 0.1) is 24.2 Å². The Balaban J connectivity index is 0.000000761. The third kappa shape index (κ3) is 13.6. The van der Waals surface area contributed by atoms with Crippen LogP contribution in [0.15, 0.2) is 58.3 Å². The predicted octanol–water partition coefficient (Wildman–Crippen LogP) is 8.44. The summed E-state index contributed by atoms with van der Waals surface area (Å²) in [5, 5.41) is 3.30. The second-order valence-corrected chi connectivity index (χ2v) is 13.6. The van der Waals surface area contributed by atoms with Gasteiger partial charge in [0.15, 0.2) is 6.10 Å². The molecule has 45 heavy (non-hydrogen) atoms. The molecule has 7 heteroatoms. The zero-order valence-corrected chi connectivity index (χ0v) is 29.9. The number of methoxy groups -OCH3 is 1. The van der Waals surface area contributed by atoms with Crippen molar-refractivity contribution in [2.24, 2.45) is 22.2 Å². The van der Waals surface area contributed by atoms with Gasteiger partial charge in [-0.2, -0.15) is 0 Å². The van der Waals surface area contributed by atoms with E-state index in [0.717, 1.165) is 53.0 Å². The van der Waals surface area contributed by atoms with Crippen molar-refractivity contribution in [2.75, 3.05) is 33.5 Å². The molecule has 7 nitrogen and oxygen atoms in total. The SMILES string of the molecule is CC=C1OC1/C(C)=C\C(=C/C)C(=Nc1cc(CNC(COC)C(=O)OCC(C)(C)C)ccc1C)C(C)C.CCC1CCOCC1. The van der Waals surface area contributed by atoms with Crippen LogP contribution in [-0.4, -0.2) is 57.4 Å². The Morgan fingerprint density at radius 2 is 1.87 bits per heavy atom. The van der Waals surface area contributed by atoms with Crippen LogP contribution < -0.4 is 5.32 Å². The van der Waals surface area contributed by atoms with Crippen LogP contribution in [0.4, 0.5) is 5.69 Å². The topological polar surface area (TPSA) is 81.7 Å². The lowest BCUT2D eigenvalue weighted by molar-refractivity contribution is -0.150. The van der Waals surface area contributed by atoms with Gasteiger partial charge >= 0.3 is 5.97 Å². The maximum atomic E-state index is 12.6. The molecule has 0 amide bonds. The van der Waals surface area contributed by atoms with Gasteiger partial charge in [-0.05, 0) is 92.2 Å². The minimum Gasteiger partial charge on any atom is -0.478 e. The molecule has 1 N–H and O–H groups in total. The van der Waals surface area contributed by atoms with Crippen molar-refractivity contribution in [3.63, 3.8) is 0 Å². The Morgan fingerprint density at radius 1 is 1.18 bits per heavy atom. The van der Waals surface area contributed by atoms with Gasteiger partial charge in [-0.3, -0.25) is 15.1 Å². The second-order valence-electron chi connectivity index (χ2n) is 13.6. The molecule has 2 atom stereocenters. The van der Waals surface area contributed by atoms with Crippen molar-refractivity contribution in [1.29, 1.82) is 0 Å². The first-order valence-corrected chi connectivity index (χ1v) is 16.7. The van der Waals surface area contributed by atoms with Crippen molar-refractivity contribution in [1.82, 2.24) is 5.32 Å². The highest BCUT2D eigenvalue weighted by atomic mass is 16.6. The van der Waals surface area contributed by atoms with E-state index in [-0.39, 0.29) is 30.0 Å². The number of esters is 1. The van der Waals surface area contributed by atoms with Crippen molar-refractivity contribution < 1.29 is 23.7 Å². The van der Waals surface area contributed by atoms with Gasteiger partial charge in [0.2, 0.25) is 0 Å². The number of benzene rings is 1. The number of carbonyl (C=O) groups excluding carboxylic acids is 1. The molecule has 0 spiro atoms. The molecule has 2 saturated heterocycles. The average molecular weight is 625 g/mol. The molecular weight excluding hydrogens is 564 g/mol. The number of hydrogen-bond acceptors (Lipinski definition) is 7. The summed E-state index contributed by atoms with van der Waals surface area (Å²) < 4.78 is 21.6. The minimum absolute atomic E-state index is 0.0830. The first-order valence-electron chi connectivity index (χ1n) is 16.7. The van der Waals surface area contributed by atoms with Gasteiger partial charge in [-0.1, -0.05) is 72.2 Å². The summed E-state index contributed by atoms with van der Waals surface area (Å²) >= 11 is 0. The van der Waals surface area contributed by atoms with Gasteiger partial charge in [0.25, 0.3) is 0 Å². The normalized spacial score (nSPS) is 19.6. The summed E-state index contributed by atoms with van der Waals surface area (Å²) in [6.07, 6.45) is 10.3. The minimum atomic E-state index is -0.540. The van der Waals surface area contributed by atoms with Crippen LogP contribution in [-0.2, 0) is 30.3 Å². The summed E-state index contributed by atoms with van der Waals surface area (Å²) in [4.78, 5) is 17.7. The fourth-order valence-electron chi connectivity index (χ4n) is 4.97. The smallest absolute Gasteiger partial charge is 0.325 e. The van der Waals surface area contributed by atoms with Gasteiger partial charge in [0, 0.05) is 26.9 Å². The third-order valence-electron chi connectivity index (χ3n) is 7.94. The Hall–Kier alpha value is -2.74. The molecule has 252 valence electrons. The van der Waals surface area contributed by atoms with Crippen LogP contribution in [0.3, 0.4) is 0 Å². The molecule has 2 aliphatic heterocycles. The third-order valence-corrected chi connectivity index (χ3v) is 7.94. The summed E-state index contributed by atoms with van der Waals surface area (Å²) in [5.41, 5.74) is 6.26. The highest BCUT2D eigenvalue weighted by Crippen LogP contribution is 2.34. The zero-order chi connectivity index (χ0) is 33.6. The van der Waals surface area contributed by atoms with E-state index < -0.39 is 6.04 Å². The van der Waals surface area contributed by atoms with Crippen molar-refractivity contribution >= 4 is 17.4 Å². The van der Waals surface area contributed by atoms with E-state index in [4.69, 9.17) is 23.9 Å². The van der Waals surface area contributed by atoms with Crippen LogP contribution >= 0.6 is 0 Å². The predicted molar refractivity (Wildman–Crippen MR) is 186 cm³/mol. The Bertz CT molecular complexity index is 1200. The van der Waals surface area contributed by atoms with E-state index in [2.05, 4.69) is 70.3 Å². The summed E-state index contributed by atoms with van der Waals surface area (Å²) in [7, 11) is 1.58. The lowest BCUT2D eigenvalue weighted by Gasteiger charge is -2.22. The number of epoxide rings is 1. The van der Waals surface area contributed by atoms with E-state index in [1.54, 1.807) is 7.11 Å². The zero-order valence-electron chi connectivity index (χ0n) is 29.9. The highest BCUT2D eigenvalue weighted by molar-refractivity contribution is 6.05. The Morgan fingerprint density at radius 3 is 2.38 bits per heavy atom. The largest absolute Gasteiger partial charge is 0.478 e. The number of aryl methyl sites for hydroxylation is 1. The molecule has 3 rings (SSSR count). The fraction of sp³-hybridized carbons (Fsp3) is 0.632. The average Bonchev–Trinajstić information content (AvgIpc) is 3.81. The number of nitrogens with zero attached hydrogens (tertiary/aromatic N) is 1. The molecule has 0 saturated carbocycles. The van der Waals surface area contributed by atoms with Gasteiger partial charge in [0.1, 0.15) is 11.8 Å². The highest BCUT2D eigenvalue weighted by Gasteiger charge is 2.33. The lowest BCUT2D eigenvalue weighted by Crippen LogP contribution is -2.42. The maximum absolute atomic E-state index is 12.6. The van der Waals surface area contributed by atoms with E-state index in [1.165, 1.54) is 24.8 Å². The van der Waals surface area contributed by atoms with Crippen LogP contribution in [0.2, 0.25) is 0 Å². The molecule has 2 fully saturated rings. The Kier molecular flexibility index (Phi) is 16.3. The van der Waals surface area contributed by atoms with Crippen molar-refractivity contribution in [3.05, 3.63) is 64.5 Å².